The van der Waals surface area contributed by atoms with Crippen LogP contribution in [0.2, 0.25) is 0 Å². The van der Waals surface area contributed by atoms with Crippen molar-refractivity contribution in [2.24, 2.45) is 17.6 Å². The molecule has 188 valence electrons. The molecule has 3 aliphatic heterocycles. The summed E-state index contributed by atoms with van der Waals surface area (Å²) in [6.45, 7) is 8.01. The van der Waals surface area contributed by atoms with Crippen LogP contribution in [0.25, 0.3) is 0 Å². The molecule has 3 saturated heterocycles. The molecular weight excluding hydrogens is 418 g/mol. The number of ether oxygens (including phenoxy) is 1. The van der Waals surface area contributed by atoms with Crippen molar-refractivity contribution in [1.29, 1.82) is 5.26 Å². The Kier molecular flexibility index (Phi) is 10.4. The summed E-state index contributed by atoms with van der Waals surface area (Å²) in [5.41, 5.74) is 6.53. The summed E-state index contributed by atoms with van der Waals surface area (Å²) in [6, 6.07) is 2.29. The number of nitrogens with zero attached hydrogens (tertiary/aromatic N) is 4. The first-order valence-electron chi connectivity index (χ1n) is 12.9. The lowest BCUT2D eigenvalue weighted by Gasteiger charge is -2.61. The first kappa shape index (κ1) is 26.3. The average molecular weight is 464 g/mol. The van der Waals surface area contributed by atoms with E-state index in [0.717, 1.165) is 52.1 Å². The normalized spacial score (nSPS) is 32.7. The van der Waals surface area contributed by atoms with Crippen molar-refractivity contribution in [2.45, 2.75) is 69.9 Å². The van der Waals surface area contributed by atoms with Crippen LogP contribution in [0.15, 0.2) is 0 Å². The number of rotatable bonds is 12. The summed E-state index contributed by atoms with van der Waals surface area (Å²) < 4.78 is 6.13. The SMILES string of the molecule is CCCCCCN1CC(CC#N)CN2C(N)C(C(=O)NC3CNCCC3OCCN(C)C)C12. The zero-order chi connectivity index (χ0) is 23.8. The van der Waals surface area contributed by atoms with Gasteiger partial charge in [0, 0.05) is 32.6 Å². The highest BCUT2D eigenvalue weighted by atomic mass is 16.5. The number of carbonyl (C=O) groups is 1. The molecule has 3 rings (SSSR count). The Morgan fingerprint density at radius 2 is 2.12 bits per heavy atom. The van der Waals surface area contributed by atoms with E-state index in [1.54, 1.807) is 0 Å². The highest BCUT2D eigenvalue weighted by molar-refractivity contribution is 5.81. The van der Waals surface area contributed by atoms with Crippen LogP contribution in [-0.4, -0.2) is 105 Å². The smallest absolute Gasteiger partial charge is 0.229 e. The van der Waals surface area contributed by atoms with Gasteiger partial charge in [-0.05, 0) is 45.9 Å². The Balaban J connectivity index is 1.61. The van der Waals surface area contributed by atoms with Crippen molar-refractivity contribution in [3.63, 3.8) is 0 Å². The molecule has 9 heteroatoms. The molecule has 3 fully saturated rings. The van der Waals surface area contributed by atoms with Crippen LogP contribution in [0.1, 0.15) is 45.4 Å². The topological polar surface area (TPSA) is 110 Å². The van der Waals surface area contributed by atoms with Gasteiger partial charge in [-0.2, -0.15) is 5.26 Å². The summed E-state index contributed by atoms with van der Waals surface area (Å²) in [4.78, 5) is 20.2. The summed E-state index contributed by atoms with van der Waals surface area (Å²) in [5, 5.41) is 15.9. The summed E-state index contributed by atoms with van der Waals surface area (Å²) in [6.07, 6.45) is 5.97. The van der Waals surface area contributed by atoms with Crippen molar-refractivity contribution in [3.05, 3.63) is 0 Å². The van der Waals surface area contributed by atoms with E-state index in [2.05, 4.69) is 38.3 Å². The summed E-state index contributed by atoms with van der Waals surface area (Å²) in [7, 11) is 4.07. The minimum atomic E-state index is -0.292. The second-order valence-electron chi connectivity index (χ2n) is 10.2. The molecule has 6 unspecified atom stereocenters. The molecule has 0 aromatic rings. The van der Waals surface area contributed by atoms with Crippen molar-refractivity contribution >= 4 is 5.91 Å². The number of piperidine rings is 1. The van der Waals surface area contributed by atoms with Crippen LogP contribution in [0.4, 0.5) is 0 Å². The van der Waals surface area contributed by atoms with Crippen LogP contribution >= 0.6 is 0 Å². The minimum Gasteiger partial charge on any atom is -0.375 e. The molecule has 9 nitrogen and oxygen atoms in total. The molecule has 3 aliphatic rings. The van der Waals surface area contributed by atoms with E-state index in [1.807, 2.05) is 14.1 Å². The zero-order valence-electron chi connectivity index (χ0n) is 20.8. The fourth-order valence-electron chi connectivity index (χ4n) is 5.48. The number of fused-ring (bicyclic) bond motifs is 1. The molecule has 33 heavy (non-hydrogen) atoms. The molecule has 0 bridgehead atoms. The Labute approximate surface area is 200 Å². The fraction of sp³-hybridized carbons (Fsp3) is 0.917. The van der Waals surface area contributed by atoms with Gasteiger partial charge in [-0.15, -0.1) is 0 Å². The molecule has 3 heterocycles. The van der Waals surface area contributed by atoms with Gasteiger partial charge in [0.05, 0.1) is 43.1 Å². The number of likely N-dealkylation sites (N-methyl/N-ethyl adjacent to an activating group) is 1. The molecule has 0 aromatic heterocycles. The van der Waals surface area contributed by atoms with Gasteiger partial charge in [-0.3, -0.25) is 14.6 Å². The van der Waals surface area contributed by atoms with E-state index in [4.69, 9.17) is 10.5 Å². The Morgan fingerprint density at radius 3 is 2.85 bits per heavy atom. The van der Waals surface area contributed by atoms with Gasteiger partial charge in [0.2, 0.25) is 5.91 Å². The molecule has 4 N–H and O–H groups in total. The van der Waals surface area contributed by atoms with Gasteiger partial charge in [0.1, 0.15) is 0 Å². The molecule has 0 aromatic carbocycles. The molecule has 1 amide bonds. The largest absolute Gasteiger partial charge is 0.375 e. The number of nitriles is 1. The number of amides is 1. The Bertz CT molecular complexity index is 655. The molecular formula is C24H45N7O2. The molecule has 6 atom stereocenters. The lowest BCUT2D eigenvalue weighted by molar-refractivity contribution is -0.186. The van der Waals surface area contributed by atoms with E-state index in [9.17, 15) is 10.1 Å². The molecule has 0 spiro atoms. The summed E-state index contributed by atoms with van der Waals surface area (Å²) in [5.74, 6) is 0.0871. The number of nitrogens with two attached hydrogens (primary N) is 1. The van der Waals surface area contributed by atoms with E-state index < -0.39 is 0 Å². The van der Waals surface area contributed by atoms with Crippen molar-refractivity contribution in [2.75, 3.05) is 60.0 Å². The highest BCUT2D eigenvalue weighted by Crippen LogP contribution is 2.38. The standard InChI is InChI=1S/C24H45N7O2/c1-4-5-6-7-12-30-16-18(8-10-25)17-31-22(26)21(24(30)31)23(32)28-19-15-27-11-9-20(19)33-14-13-29(2)3/h18-22,24,27H,4-9,11-17,26H2,1-3H3,(H,28,32). The lowest BCUT2D eigenvalue weighted by atomic mass is 9.82. The number of hydrogen-bond acceptors (Lipinski definition) is 8. The molecule has 0 aliphatic carbocycles. The third-order valence-corrected chi connectivity index (χ3v) is 7.35. The van der Waals surface area contributed by atoms with Gasteiger partial charge >= 0.3 is 0 Å². The second kappa shape index (κ2) is 13.0. The second-order valence-corrected chi connectivity index (χ2v) is 10.2. The zero-order valence-corrected chi connectivity index (χ0v) is 20.8. The fourth-order valence-corrected chi connectivity index (χ4v) is 5.48. The summed E-state index contributed by atoms with van der Waals surface area (Å²) >= 11 is 0. The number of carbonyl (C=O) groups excluding carboxylic acids is 1. The monoisotopic (exact) mass is 463 g/mol. The van der Waals surface area contributed by atoms with Crippen LogP contribution in [0.3, 0.4) is 0 Å². The molecule has 0 radical (unpaired) electrons. The molecule has 0 saturated carbocycles. The maximum absolute atomic E-state index is 13.4. The third-order valence-electron chi connectivity index (χ3n) is 7.35. The van der Waals surface area contributed by atoms with Gasteiger partial charge in [-0.1, -0.05) is 26.2 Å². The van der Waals surface area contributed by atoms with E-state index in [-0.39, 0.29) is 36.3 Å². The third kappa shape index (κ3) is 6.87. The maximum atomic E-state index is 13.4. The van der Waals surface area contributed by atoms with Gasteiger partial charge in [-0.25, -0.2) is 0 Å². The van der Waals surface area contributed by atoms with Crippen molar-refractivity contribution in [1.82, 2.24) is 25.3 Å². The first-order valence-corrected chi connectivity index (χ1v) is 12.9. The predicted octanol–water partition coefficient (Wildman–Crippen LogP) is 0.380. The van der Waals surface area contributed by atoms with Crippen LogP contribution in [0.5, 0.6) is 0 Å². The van der Waals surface area contributed by atoms with Crippen LogP contribution in [0, 0.1) is 23.2 Å². The van der Waals surface area contributed by atoms with Crippen molar-refractivity contribution < 1.29 is 9.53 Å². The average Bonchev–Trinajstić information content (AvgIpc) is 2.78. The van der Waals surface area contributed by atoms with Crippen LogP contribution in [-0.2, 0) is 9.53 Å². The van der Waals surface area contributed by atoms with Crippen molar-refractivity contribution in [3.8, 4) is 6.07 Å². The quantitative estimate of drug-likeness (QED) is 0.356. The highest BCUT2D eigenvalue weighted by Gasteiger charge is 2.56. The van der Waals surface area contributed by atoms with E-state index in [0.29, 0.717) is 18.9 Å². The Hall–Kier alpha value is -1.28. The van der Waals surface area contributed by atoms with E-state index >= 15 is 0 Å². The van der Waals surface area contributed by atoms with Gasteiger partial charge < -0.3 is 26.0 Å². The lowest BCUT2D eigenvalue weighted by Crippen LogP contribution is -2.79. The minimum absolute atomic E-state index is 0.0269. The van der Waals surface area contributed by atoms with Gasteiger partial charge in [0.15, 0.2) is 0 Å². The van der Waals surface area contributed by atoms with E-state index in [1.165, 1.54) is 19.3 Å². The van der Waals surface area contributed by atoms with Gasteiger partial charge in [0.25, 0.3) is 0 Å². The number of hydrogen-bond donors (Lipinski definition) is 3. The maximum Gasteiger partial charge on any atom is 0.229 e. The predicted molar refractivity (Wildman–Crippen MR) is 129 cm³/mol. The Morgan fingerprint density at radius 1 is 1.30 bits per heavy atom. The number of unbranched alkanes of at least 4 members (excludes halogenated alkanes) is 3. The first-order chi connectivity index (χ1) is 16.0. The number of nitrogens with one attached hydrogen (secondary N) is 2. The van der Waals surface area contributed by atoms with Crippen LogP contribution < -0.4 is 16.4 Å².